The SMILES string of the molecule is COc1cc([N+](=O)[O-])ccc1NC(=O)C1CC(=O)Nc2nc(N3CCc4ccccc43)[nH]c(=O)c21. The molecule has 1 aromatic heterocycles. The third kappa shape index (κ3) is 3.94. The Morgan fingerprint density at radius 2 is 2.06 bits per heavy atom. The Morgan fingerprint density at radius 1 is 1.26 bits per heavy atom. The molecular formula is C23H20N6O6. The van der Waals surface area contributed by atoms with Crippen molar-refractivity contribution in [3.8, 4) is 5.75 Å². The smallest absolute Gasteiger partial charge is 0.273 e. The van der Waals surface area contributed by atoms with Crippen molar-refractivity contribution in [1.29, 1.82) is 0 Å². The zero-order valence-electron chi connectivity index (χ0n) is 18.5. The average Bonchev–Trinajstić information content (AvgIpc) is 3.27. The van der Waals surface area contributed by atoms with E-state index in [4.69, 9.17) is 4.74 Å². The molecule has 0 saturated carbocycles. The Bertz CT molecular complexity index is 1430. The summed E-state index contributed by atoms with van der Waals surface area (Å²) in [5.74, 6) is -1.84. The number of hydrogen-bond donors (Lipinski definition) is 3. The molecule has 3 N–H and O–H groups in total. The number of carbonyl (C=O) groups is 2. The molecule has 5 rings (SSSR count). The number of aromatic nitrogens is 2. The summed E-state index contributed by atoms with van der Waals surface area (Å²) < 4.78 is 5.16. The monoisotopic (exact) mass is 476 g/mol. The van der Waals surface area contributed by atoms with E-state index in [1.54, 1.807) is 0 Å². The molecule has 2 aliphatic rings. The summed E-state index contributed by atoms with van der Waals surface area (Å²) in [6.45, 7) is 0.610. The van der Waals surface area contributed by atoms with Crippen molar-refractivity contribution in [2.45, 2.75) is 18.8 Å². The lowest BCUT2D eigenvalue weighted by Gasteiger charge is -2.25. The van der Waals surface area contributed by atoms with Crippen molar-refractivity contribution in [1.82, 2.24) is 9.97 Å². The minimum atomic E-state index is -1.12. The topological polar surface area (TPSA) is 160 Å². The summed E-state index contributed by atoms with van der Waals surface area (Å²) in [5, 5.41) is 16.2. The minimum absolute atomic E-state index is 0.0280. The minimum Gasteiger partial charge on any atom is -0.494 e. The number of nitro benzene ring substituents is 1. The van der Waals surface area contributed by atoms with Crippen LogP contribution in [0.1, 0.15) is 23.5 Å². The zero-order chi connectivity index (χ0) is 24.7. The summed E-state index contributed by atoms with van der Waals surface area (Å²) in [5.41, 5.74) is 1.50. The number of benzene rings is 2. The predicted molar refractivity (Wildman–Crippen MR) is 126 cm³/mol. The highest BCUT2D eigenvalue weighted by atomic mass is 16.6. The van der Waals surface area contributed by atoms with E-state index in [-0.39, 0.29) is 40.9 Å². The molecule has 178 valence electrons. The average molecular weight is 476 g/mol. The molecule has 0 bridgehead atoms. The van der Waals surface area contributed by atoms with Crippen LogP contribution in [0.2, 0.25) is 0 Å². The molecule has 35 heavy (non-hydrogen) atoms. The first kappa shape index (κ1) is 22.1. The fraction of sp³-hybridized carbons (Fsp3) is 0.217. The number of rotatable bonds is 5. The maximum absolute atomic E-state index is 13.1. The molecule has 0 fully saturated rings. The lowest BCUT2D eigenvalue weighted by Crippen LogP contribution is -2.37. The number of nitro groups is 1. The van der Waals surface area contributed by atoms with Crippen molar-refractivity contribution >= 4 is 40.6 Å². The number of para-hydroxylation sites is 1. The van der Waals surface area contributed by atoms with Gasteiger partial charge in [0.2, 0.25) is 17.8 Å². The zero-order valence-corrected chi connectivity index (χ0v) is 18.5. The number of amides is 2. The van der Waals surface area contributed by atoms with E-state index in [0.29, 0.717) is 6.54 Å². The van der Waals surface area contributed by atoms with E-state index in [1.165, 1.54) is 25.3 Å². The van der Waals surface area contributed by atoms with E-state index in [1.807, 2.05) is 29.2 Å². The molecule has 12 nitrogen and oxygen atoms in total. The van der Waals surface area contributed by atoms with Crippen LogP contribution >= 0.6 is 0 Å². The summed E-state index contributed by atoms with van der Waals surface area (Å²) in [7, 11) is 1.31. The van der Waals surface area contributed by atoms with E-state index >= 15 is 0 Å². The van der Waals surface area contributed by atoms with Crippen LogP contribution in [-0.2, 0) is 16.0 Å². The van der Waals surface area contributed by atoms with Gasteiger partial charge in [0.1, 0.15) is 11.6 Å². The Balaban J connectivity index is 1.47. The Hall–Kier alpha value is -4.74. The number of nitrogens with zero attached hydrogens (tertiary/aromatic N) is 3. The van der Waals surface area contributed by atoms with Gasteiger partial charge in [-0.25, -0.2) is 0 Å². The molecule has 1 unspecified atom stereocenters. The van der Waals surface area contributed by atoms with E-state index in [9.17, 15) is 24.5 Å². The maximum Gasteiger partial charge on any atom is 0.273 e. The largest absolute Gasteiger partial charge is 0.494 e. The van der Waals surface area contributed by atoms with Crippen LogP contribution < -0.4 is 25.8 Å². The third-order valence-electron chi connectivity index (χ3n) is 6.05. The van der Waals surface area contributed by atoms with Crippen LogP contribution in [0, 0.1) is 10.1 Å². The van der Waals surface area contributed by atoms with E-state index < -0.39 is 28.2 Å². The Kier molecular flexibility index (Phi) is 5.40. The normalized spacial score (nSPS) is 16.2. The number of non-ortho nitro benzene ring substituents is 1. The third-order valence-corrected chi connectivity index (χ3v) is 6.05. The van der Waals surface area contributed by atoms with Crippen LogP contribution in [0.3, 0.4) is 0 Å². The van der Waals surface area contributed by atoms with Gasteiger partial charge in [-0.15, -0.1) is 0 Å². The second-order valence-electron chi connectivity index (χ2n) is 8.12. The fourth-order valence-corrected chi connectivity index (χ4v) is 4.39. The van der Waals surface area contributed by atoms with Gasteiger partial charge in [-0.05, 0) is 24.1 Å². The Morgan fingerprint density at radius 3 is 2.83 bits per heavy atom. The summed E-state index contributed by atoms with van der Waals surface area (Å²) in [4.78, 5) is 58.2. The number of aromatic amines is 1. The number of anilines is 4. The van der Waals surface area contributed by atoms with Crippen LogP contribution in [0.15, 0.2) is 47.3 Å². The van der Waals surface area contributed by atoms with Gasteiger partial charge in [-0.1, -0.05) is 18.2 Å². The van der Waals surface area contributed by atoms with Crippen molar-refractivity contribution in [3.05, 3.63) is 74.1 Å². The second-order valence-corrected chi connectivity index (χ2v) is 8.12. The quantitative estimate of drug-likeness (QED) is 0.374. The predicted octanol–water partition coefficient (Wildman–Crippen LogP) is 2.45. The van der Waals surface area contributed by atoms with Crippen molar-refractivity contribution in [3.63, 3.8) is 0 Å². The molecule has 0 spiro atoms. The van der Waals surface area contributed by atoms with Gasteiger partial charge >= 0.3 is 0 Å². The van der Waals surface area contributed by atoms with E-state index in [0.717, 1.165) is 17.7 Å². The van der Waals surface area contributed by atoms with Crippen molar-refractivity contribution in [2.75, 3.05) is 29.2 Å². The van der Waals surface area contributed by atoms with Crippen LogP contribution in [-0.4, -0.2) is 40.4 Å². The van der Waals surface area contributed by atoms with Crippen molar-refractivity contribution in [2.24, 2.45) is 0 Å². The second kappa shape index (κ2) is 8.56. The highest BCUT2D eigenvalue weighted by Crippen LogP contribution is 2.36. The van der Waals surface area contributed by atoms with Gasteiger partial charge in [-0.2, -0.15) is 4.98 Å². The molecular weight excluding hydrogens is 456 g/mol. The van der Waals surface area contributed by atoms with Gasteiger partial charge in [0.25, 0.3) is 11.2 Å². The van der Waals surface area contributed by atoms with Gasteiger partial charge < -0.3 is 20.3 Å². The molecule has 0 saturated heterocycles. The van der Waals surface area contributed by atoms with Gasteiger partial charge in [0, 0.05) is 24.7 Å². The molecule has 3 heterocycles. The fourth-order valence-electron chi connectivity index (χ4n) is 4.39. The number of fused-ring (bicyclic) bond motifs is 2. The molecule has 0 radical (unpaired) electrons. The number of nitrogens with one attached hydrogen (secondary N) is 3. The van der Waals surface area contributed by atoms with Crippen LogP contribution in [0.5, 0.6) is 5.75 Å². The molecule has 2 aromatic carbocycles. The lowest BCUT2D eigenvalue weighted by molar-refractivity contribution is -0.384. The molecule has 1 atom stereocenters. The molecule has 2 amide bonds. The number of ether oxygens (including phenoxy) is 1. The standard InChI is InChI=1S/C23H20N6O6/c1-35-17-10-13(29(33)34)6-7-15(17)24-21(31)14-11-18(30)25-20-19(14)22(32)27-23(26-20)28-9-8-12-4-2-3-5-16(12)28/h2-7,10,14H,8-9,11H2,1H3,(H,24,31)(H2,25,26,27,30,32). The summed E-state index contributed by atoms with van der Waals surface area (Å²) in [6, 6.07) is 11.5. The number of H-pyrrole nitrogens is 1. The van der Waals surface area contributed by atoms with Gasteiger partial charge in [0.05, 0.1) is 35.3 Å². The first-order valence-corrected chi connectivity index (χ1v) is 10.8. The maximum atomic E-state index is 13.1. The molecule has 12 heteroatoms. The highest BCUT2D eigenvalue weighted by Gasteiger charge is 2.36. The van der Waals surface area contributed by atoms with Gasteiger partial charge in [-0.3, -0.25) is 29.5 Å². The van der Waals surface area contributed by atoms with E-state index in [2.05, 4.69) is 20.6 Å². The summed E-state index contributed by atoms with van der Waals surface area (Å²) >= 11 is 0. The molecule has 0 aliphatic carbocycles. The lowest BCUT2D eigenvalue weighted by atomic mass is 9.92. The number of carbonyl (C=O) groups excluding carboxylic acids is 2. The first-order chi connectivity index (χ1) is 16.9. The first-order valence-electron chi connectivity index (χ1n) is 10.8. The Labute approximate surface area is 198 Å². The van der Waals surface area contributed by atoms with Crippen LogP contribution in [0.4, 0.5) is 28.8 Å². The van der Waals surface area contributed by atoms with Crippen molar-refractivity contribution < 1.29 is 19.2 Å². The highest BCUT2D eigenvalue weighted by molar-refractivity contribution is 6.05. The summed E-state index contributed by atoms with van der Waals surface area (Å²) in [6.07, 6.45) is 0.524. The number of methoxy groups -OCH3 is 1. The van der Waals surface area contributed by atoms with Gasteiger partial charge in [0.15, 0.2) is 0 Å². The molecule has 2 aliphatic heterocycles. The molecule has 3 aromatic rings. The number of hydrogen-bond acceptors (Lipinski definition) is 8. The van der Waals surface area contributed by atoms with Crippen LogP contribution in [0.25, 0.3) is 0 Å².